The van der Waals surface area contributed by atoms with Crippen molar-refractivity contribution in [3.8, 4) is 0 Å². The molecular weight excluding hydrogens is 470 g/mol. The maximum atomic E-state index is 12.6. The van der Waals surface area contributed by atoms with E-state index in [4.69, 9.17) is 9.72 Å². The van der Waals surface area contributed by atoms with Crippen LogP contribution in [0.1, 0.15) is 5.69 Å². The molecule has 35 heavy (non-hydrogen) atoms. The molecule has 1 aromatic carbocycles. The molecule has 0 saturated carbocycles. The van der Waals surface area contributed by atoms with E-state index in [1.54, 1.807) is 11.0 Å². The summed E-state index contributed by atoms with van der Waals surface area (Å²) in [6.07, 6.45) is 1.61. The Morgan fingerprint density at radius 2 is 1.74 bits per heavy atom. The van der Waals surface area contributed by atoms with Crippen molar-refractivity contribution in [2.24, 2.45) is 0 Å². The van der Waals surface area contributed by atoms with E-state index >= 15 is 0 Å². The first-order valence-corrected chi connectivity index (χ1v) is 12.2. The van der Waals surface area contributed by atoms with Crippen molar-refractivity contribution < 1.29 is 19.1 Å². The fraction of sp³-hybridized carbons (Fsp3) is 0.348. The predicted molar refractivity (Wildman–Crippen MR) is 133 cm³/mol. The van der Waals surface area contributed by atoms with E-state index in [0.29, 0.717) is 69.0 Å². The van der Waals surface area contributed by atoms with Crippen LogP contribution in [0.2, 0.25) is 0 Å². The Labute approximate surface area is 206 Å². The fourth-order valence-electron chi connectivity index (χ4n) is 4.00. The van der Waals surface area contributed by atoms with Crippen LogP contribution < -0.4 is 20.4 Å². The summed E-state index contributed by atoms with van der Waals surface area (Å²) < 4.78 is 5.46. The van der Waals surface area contributed by atoms with Crippen LogP contribution in [0.15, 0.2) is 41.3 Å². The van der Waals surface area contributed by atoms with Crippen LogP contribution in [-0.2, 0) is 9.53 Å². The molecule has 4 heterocycles. The average molecular weight is 496 g/mol. The van der Waals surface area contributed by atoms with Gasteiger partial charge >= 0.3 is 6.03 Å². The molecule has 11 nitrogen and oxygen atoms in total. The third kappa shape index (κ3) is 5.54. The molecule has 0 aliphatic carbocycles. The third-order valence-corrected chi connectivity index (χ3v) is 6.66. The number of nitrogens with zero attached hydrogens (tertiary/aromatic N) is 5. The number of benzene rings is 1. The number of carbonyl (C=O) groups excluding carboxylic acids is 3. The summed E-state index contributed by atoms with van der Waals surface area (Å²) in [5, 5.41) is 4.79. The number of rotatable bonds is 4. The predicted octanol–water partition coefficient (Wildman–Crippen LogP) is 1.99. The van der Waals surface area contributed by atoms with Gasteiger partial charge < -0.3 is 24.8 Å². The van der Waals surface area contributed by atoms with Crippen LogP contribution in [0, 0.1) is 0 Å². The number of imide groups is 1. The minimum atomic E-state index is -0.425. The van der Waals surface area contributed by atoms with Crippen molar-refractivity contribution in [3.05, 3.63) is 47.0 Å². The molecule has 1 aromatic heterocycles. The zero-order valence-electron chi connectivity index (χ0n) is 19.0. The SMILES string of the molecule is O=C1NC(=O)/C(=C\c2cc(N3CCOCC3)nc(N3CCN(C(=O)Nc4ccccc4)CC3)n2)S1. The normalized spacial score (nSPS) is 19.8. The van der Waals surface area contributed by atoms with Gasteiger partial charge in [0.15, 0.2) is 0 Å². The molecule has 2 N–H and O–H groups in total. The van der Waals surface area contributed by atoms with Gasteiger partial charge in [0.1, 0.15) is 5.82 Å². The number of anilines is 3. The summed E-state index contributed by atoms with van der Waals surface area (Å²) in [6.45, 7) is 4.80. The van der Waals surface area contributed by atoms with E-state index in [9.17, 15) is 14.4 Å². The Bertz CT molecular complexity index is 1150. The summed E-state index contributed by atoms with van der Waals surface area (Å²) in [5.41, 5.74) is 1.31. The number of piperazine rings is 1. The molecule has 0 atom stereocenters. The van der Waals surface area contributed by atoms with Gasteiger partial charge in [0, 0.05) is 51.0 Å². The van der Waals surface area contributed by atoms with Crippen LogP contribution >= 0.6 is 11.8 Å². The monoisotopic (exact) mass is 495 g/mol. The van der Waals surface area contributed by atoms with Gasteiger partial charge in [-0.25, -0.2) is 9.78 Å². The van der Waals surface area contributed by atoms with E-state index in [-0.39, 0.29) is 6.03 Å². The third-order valence-electron chi connectivity index (χ3n) is 5.85. The van der Waals surface area contributed by atoms with Crippen LogP contribution in [0.5, 0.6) is 0 Å². The molecule has 4 amide bonds. The number of hydrogen-bond acceptors (Lipinski definition) is 9. The van der Waals surface area contributed by atoms with Gasteiger partial charge in [-0.15, -0.1) is 0 Å². The van der Waals surface area contributed by atoms with Crippen LogP contribution in [0.25, 0.3) is 6.08 Å². The lowest BCUT2D eigenvalue weighted by Gasteiger charge is -2.35. The van der Waals surface area contributed by atoms with Crippen LogP contribution in [0.3, 0.4) is 0 Å². The van der Waals surface area contributed by atoms with Gasteiger partial charge in [-0.05, 0) is 30.0 Å². The molecule has 182 valence electrons. The van der Waals surface area contributed by atoms with Crippen molar-refractivity contribution in [2.45, 2.75) is 0 Å². The average Bonchev–Trinajstić information content (AvgIpc) is 3.21. The second-order valence-corrected chi connectivity index (χ2v) is 9.19. The Balaban J connectivity index is 1.33. The number of hydrogen-bond donors (Lipinski definition) is 2. The number of urea groups is 1. The van der Waals surface area contributed by atoms with Crippen molar-refractivity contribution >= 4 is 52.5 Å². The molecule has 2 aromatic rings. The van der Waals surface area contributed by atoms with Gasteiger partial charge in [0.05, 0.1) is 23.8 Å². The summed E-state index contributed by atoms with van der Waals surface area (Å²) in [6, 6.07) is 11.0. The maximum Gasteiger partial charge on any atom is 0.321 e. The Morgan fingerprint density at radius 3 is 2.43 bits per heavy atom. The zero-order valence-corrected chi connectivity index (χ0v) is 19.8. The second-order valence-electron chi connectivity index (χ2n) is 8.17. The lowest BCUT2D eigenvalue weighted by atomic mass is 10.3. The molecule has 3 aliphatic rings. The van der Waals surface area contributed by atoms with E-state index in [0.717, 1.165) is 23.3 Å². The van der Waals surface area contributed by atoms with Crippen molar-refractivity contribution in [3.63, 3.8) is 0 Å². The summed E-state index contributed by atoms with van der Waals surface area (Å²) in [5.74, 6) is 0.842. The van der Waals surface area contributed by atoms with E-state index in [2.05, 4.69) is 20.5 Å². The molecule has 0 spiro atoms. The van der Waals surface area contributed by atoms with Gasteiger partial charge in [0.2, 0.25) is 5.95 Å². The minimum Gasteiger partial charge on any atom is -0.378 e. The summed E-state index contributed by atoms with van der Waals surface area (Å²) in [4.78, 5) is 51.9. The highest BCUT2D eigenvalue weighted by Crippen LogP contribution is 2.27. The fourth-order valence-corrected chi connectivity index (χ4v) is 4.67. The van der Waals surface area contributed by atoms with Crippen molar-refractivity contribution in [2.75, 3.05) is 67.6 Å². The van der Waals surface area contributed by atoms with Crippen LogP contribution in [-0.4, -0.2) is 84.5 Å². The molecule has 12 heteroatoms. The van der Waals surface area contributed by atoms with Gasteiger partial charge in [-0.3, -0.25) is 14.9 Å². The second kappa shape index (κ2) is 10.3. The lowest BCUT2D eigenvalue weighted by Crippen LogP contribution is -2.50. The minimum absolute atomic E-state index is 0.141. The first-order chi connectivity index (χ1) is 17.0. The van der Waals surface area contributed by atoms with Crippen molar-refractivity contribution in [1.82, 2.24) is 20.2 Å². The number of carbonyl (C=O) groups is 3. The summed E-state index contributed by atoms with van der Waals surface area (Å²) in [7, 11) is 0. The molecule has 0 radical (unpaired) electrons. The largest absolute Gasteiger partial charge is 0.378 e. The van der Waals surface area contributed by atoms with Crippen LogP contribution in [0.4, 0.5) is 27.0 Å². The van der Waals surface area contributed by atoms with E-state index in [1.807, 2.05) is 41.3 Å². The Morgan fingerprint density at radius 1 is 1.00 bits per heavy atom. The number of morpholine rings is 1. The number of thioether (sulfide) groups is 1. The number of ether oxygens (including phenoxy) is 1. The highest BCUT2D eigenvalue weighted by atomic mass is 32.2. The number of aromatic nitrogens is 2. The van der Waals surface area contributed by atoms with Gasteiger partial charge in [0.25, 0.3) is 11.1 Å². The zero-order chi connectivity index (χ0) is 24.2. The standard InChI is InChI=1S/C23H25N7O4S/c31-20-18(35-23(33)27-20)14-17-15-19(28-10-12-34-13-11-28)26-21(24-17)29-6-8-30(9-7-29)22(32)25-16-4-2-1-3-5-16/h1-5,14-15H,6-13H2,(H,25,32)(H,27,31,33)/b18-14+. The van der Waals surface area contributed by atoms with Gasteiger partial charge in [-0.2, -0.15) is 4.98 Å². The van der Waals surface area contributed by atoms with E-state index < -0.39 is 11.1 Å². The van der Waals surface area contributed by atoms with Gasteiger partial charge in [-0.1, -0.05) is 18.2 Å². The topological polar surface area (TPSA) is 120 Å². The molecule has 5 rings (SSSR count). The quantitative estimate of drug-likeness (QED) is 0.614. The molecule has 3 saturated heterocycles. The molecule has 3 fully saturated rings. The first kappa shape index (κ1) is 23.1. The Hall–Kier alpha value is -3.64. The highest BCUT2D eigenvalue weighted by Gasteiger charge is 2.27. The molecular formula is C23H25N7O4S. The first-order valence-electron chi connectivity index (χ1n) is 11.4. The van der Waals surface area contributed by atoms with Crippen molar-refractivity contribution in [1.29, 1.82) is 0 Å². The lowest BCUT2D eigenvalue weighted by molar-refractivity contribution is -0.115. The Kier molecular flexibility index (Phi) is 6.82. The molecule has 0 bridgehead atoms. The maximum absolute atomic E-state index is 12.6. The smallest absolute Gasteiger partial charge is 0.321 e. The summed E-state index contributed by atoms with van der Waals surface area (Å²) >= 11 is 0.858. The number of amides is 4. The molecule has 3 aliphatic heterocycles. The number of nitrogens with one attached hydrogen (secondary N) is 2. The highest BCUT2D eigenvalue weighted by molar-refractivity contribution is 8.18. The van der Waals surface area contributed by atoms with E-state index in [1.165, 1.54) is 0 Å². The molecule has 0 unspecified atom stereocenters. The number of para-hydroxylation sites is 1.